The standard InChI is InChI=1S/C17H24N4O5S/c1-26-14-4-6-15(7-5-14)27(24,25)21-10-8-20(9-11-21)12-16(22)19-17(23)18-13-2-3-13/h4-7,13H,2-3,8-12H2,1H3,(H2,18,19,22,23)/p+1. The van der Waals surface area contributed by atoms with Crippen molar-refractivity contribution in [1.29, 1.82) is 0 Å². The molecule has 1 saturated carbocycles. The zero-order valence-corrected chi connectivity index (χ0v) is 16.0. The predicted octanol–water partition coefficient (Wildman–Crippen LogP) is -1.43. The molecule has 148 valence electrons. The number of sulfonamides is 1. The van der Waals surface area contributed by atoms with E-state index < -0.39 is 16.1 Å². The van der Waals surface area contributed by atoms with Crippen LogP contribution in [0.15, 0.2) is 29.2 Å². The molecule has 1 aromatic rings. The quantitative estimate of drug-likeness (QED) is 0.546. The minimum Gasteiger partial charge on any atom is -0.497 e. The topological polar surface area (TPSA) is 109 Å². The van der Waals surface area contributed by atoms with Crippen molar-refractivity contribution in [2.45, 2.75) is 23.8 Å². The summed E-state index contributed by atoms with van der Waals surface area (Å²) in [5, 5.41) is 5.02. The third-order valence-corrected chi connectivity index (χ3v) is 6.62. The Labute approximate surface area is 158 Å². The lowest BCUT2D eigenvalue weighted by molar-refractivity contribution is -0.895. The molecule has 1 saturated heterocycles. The van der Waals surface area contributed by atoms with E-state index in [9.17, 15) is 18.0 Å². The van der Waals surface area contributed by atoms with Gasteiger partial charge in [-0.25, -0.2) is 13.2 Å². The number of nitrogens with zero attached hydrogens (tertiary/aromatic N) is 1. The number of nitrogens with one attached hydrogen (secondary N) is 3. The number of amides is 3. The molecule has 0 unspecified atom stereocenters. The van der Waals surface area contributed by atoms with Crippen molar-refractivity contribution in [1.82, 2.24) is 14.9 Å². The van der Waals surface area contributed by atoms with Gasteiger partial charge in [0.05, 0.1) is 38.2 Å². The van der Waals surface area contributed by atoms with Crippen LogP contribution in [0.3, 0.4) is 0 Å². The Balaban J connectivity index is 1.48. The highest BCUT2D eigenvalue weighted by Crippen LogP contribution is 2.19. The molecule has 1 heterocycles. The third kappa shape index (κ3) is 5.18. The average Bonchev–Trinajstić information content (AvgIpc) is 3.46. The minimum atomic E-state index is -3.56. The molecule has 0 bridgehead atoms. The SMILES string of the molecule is COc1ccc(S(=O)(=O)N2CC[NH+](CC(=O)NC(=O)NC3CC3)CC2)cc1. The molecule has 0 radical (unpaired) electrons. The number of ether oxygens (including phenoxy) is 1. The second-order valence-electron chi connectivity index (χ2n) is 6.80. The highest BCUT2D eigenvalue weighted by Gasteiger charge is 2.31. The highest BCUT2D eigenvalue weighted by atomic mass is 32.2. The van der Waals surface area contributed by atoms with Crippen molar-refractivity contribution in [2.75, 3.05) is 39.8 Å². The lowest BCUT2D eigenvalue weighted by Gasteiger charge is -2.31. The molecule has 2 aliphatic rings. The minimum absolute atomic E-state index is 0.147. The molecule has 1 aromatic carbocycles. The average molecular weight is 397 g/mol. The number of imide groups is 1. The van der Waals surface area contributed by atoms with Gasteiger partial charge in [0.25, 0.3) is 5.91 Å². The first-order valence-corrected chi connectivity index (χ1v) is 10.4. The normalized spacial score (nSPS) is 18.7. The van der Waals surface area contributed by atoms with Gasteiger partial charge >= 0.3 is 6.03 Å². The summed E-state index contributed by atoms with van der Waals surface area (Å²) >= 11 is 0. The Morgan fingerprint density at radius 3 is 2.37 bits per heavy atom. The van der Waals surface area contributed by atoms with Crippen molar-refractivity contribution >= 4 is 22.0 Å². The Hall–Kier alpha value is -2.17. The molecule has 10 heteroatoms. The van der Waals surface area contributed by atoms with Crippen molar-refractivity contribution in [3.8, 4) is 5.75 Å². The lowest BCUT2D eigenvalue weighted by atomic mass is 10.3. The summed E-state index contributed by atoms with van der Waals surface area (Å²) in [6, 6.07) is 6.02. The van der Waals surface area contributed by atoms with E-state index >= 15 is 0 Å². The first kappa shape index (κ1) is 19.6. The van der Waals surface area contributed by atoms with E-state index in [0.717, 1.165) is 17.7 Å². The number of hydrogen-bond acceptors (Lipinski definition) is 5. The summed E-state index contributed by atoms with van der Waals surface area (Å²) < 4.78 is 31.9. The summed E-state index contributed by atoms with van der Waals surface area (Å²) in [6.45, 7) is 1.81. The van der Waals surface area contributed by atoms with Crippen LogP contribution in [0.2, 0.25) is 0 Å². The second-order valence-corrected chi connectivity index (χ2v) is 8.74. The fourth-order valence-electron chi connectivity index (χ4n) is 2.96. The van der Waals surface area contributed by atoms with Crippen LogP contribution >= 0.6 is 0 Å². The van der Waals surface area contributed by atoms with Crippen LogP contribution in [0.4, 0.5) is 4.79 Å². The fraction of sp³-hybridized carbons (Fsp3) is 0.529. The van der Waals surface area contributed by atoms with Crippen molar-refractivity contribution in [3.63, 3.8) is 0 Å². The second kappa shape index (κ2) is 8.24. The van der Waals surface area contributed by atoms with Gasteiger partial charge in [0.15, 0.2) is 6.54 Å². The summed E-state index contributed by atoms with van der Waals surface area (Å²) in [5.74, 6) is 0.245. The molecular weight excluding hydrogens is 372 g/mol. The first-order valence-electron chi connectivity index (χ1n) is 8.96. The van der Waals surface area contributed by atoms with E-state index in [-0.39, 0.29) is 23.4 Å². The smallest absolute Gasteiger partial charge is 0.321 e. The number of benzene rings is 1. The van der Waals surface area contributed by atoms with E-state index in [2.05, 4.69) is 10.6 Å². The van der Waals surface area contributed by atoms with Crippen molar-refractivity contribution in [2.24, 2.45) is 0 Å². The Bertz CT molecular complexity index is 784. The molecule has 1 aliphatic carbocycles. The van der Waals surface area contributed by atoms with E-state index in [1.54, 1.807) is 12.1 Å². The number of carbonyl (C=O) groups excluding carboxylic acids is 2. The molecule has 0 spiro atoms. The molecule has 0 aromatic heterocycles. The van der Waals surface area contributed by atoms with Crippen LogP contribution in [-0.4, -0.2) is 70.5 Å². The molecule has 1 aliphatic heterocycles. The monoisotopic (exact) mass is 397 g/mol. The van der Waals surface area contributed by atoms with Gasteiger partial charge in [-0.3, -0.25) is 10.1 Å². The number of urea groups is 1. The summed E-state index contributed by atoms with van der Waals surface area (Å²) in [7, 11) is -2.04. The van der Waals surface area contributed by atoms with Crippen LogP contribution in [0.1, 0.15) is 12.8 Å². The number of methoxy groups -OCH3 is 1. The maximum atomic E-state index is 12.7. The molecular formula is C17H25N4O5S+. The maximum absolute atomic E-state index is 12.7. The van der Waals surface area contributed by atoms with Crippen LogP contribution < -0.4 is 20.3 Å². The van der Waals surface area contributed by atoms with Crippen LogP contribution in [0.5, 0.6) is 5.75 Å². The van der Waals surface area contributed by atoms with Gasteiger partial charge in [0, 0.05) is 6.04 Å². The zero-order valence-electron chi connectivity index (χ0n) is 15.2. The Morgan fingerprint density at radius 2 is 1.81 bits per heavy atom. The van der Waals surface area contributed by atoms with Gasteiger partial charge in [-0.05, 0) is 37.1 Å². The van der Waals surface area contributed by atoms with Gasteiger partial charge in [0.1, 0.15) is 5.75 Å². The number of rotatable bonds is 6. The molecule has 9 nitrogen and oxygen atoms in total. The van der Waals surface area contributed by atoms with Gasteiger partial charge < -0.3 is 15.0 Å². The largest absolute Gasteiger partial charge is 0.497 e. The molecule has 0 atom stereocenters. The highest BCUT2D eigenvalue weighted by molar-refractivity contribution is 7.89. The van der Waals surface area contributed by atoms with Gasteiger partial charge in [-0.2, -0.15) is 4.31 Å². The number of hydrogen-bond donors (Lipinski definition) is 3. The first-order chi connectivity index (χ1) is 12.9. The predicted molar refractivity (Wildman–Crippen MR) is 97.0 cm³/mol. The third-order valence-electron chi connectivity index (χ3n) is 4.70. The number of carbonyl (C=O) groups is 2. The Kier molecular flexibility index (Phi) is 5.98. The number of piperazine rings is 1. The molecule has 3 N–H and O–H groups in total. The molecule has 27 heavy (non-hydrogen) atoms. The van der Waals surface area contributed by atoms with Gasteiger partial charge in [-0.15, -0.1) is 0 Å². The maximum Gasteiger partial charge on any atom is 0.321 e. The summed E-state index contributed by atoms with van der Waals surface area (Å²) in [4.78, 5) is 24.7. The van der Waals surface area contributed by atoms with Crippen LogP contribution in [0.25, 0.3) is 0 Å². The van der Waals surface area contributed by atoms with E-state index in [4.69, 9.17) is 4.74 Å². The van der Waals surface area contributed by atoms with Gasteiger partial charge in [0.2, 0.25) is 10.0 Å². The molecule has 3 rings (SSSR count). The van der Waals surface area contributed by atoms with Crippen LogP contribution in [0, 0.1) is 0 Å². The lowest BCUT2D eigenvalue weighted by Crippen LogP contribution is -3.15. The molecule has 3 amide bonds. The van der Waals surface area contributed by atoms with E-state index in [1.807, 2.05) is 0 Å². The van der Waals surface area contributed by atoms with Gasteiger partial charge in [-0.1, -0.05) is 0 Å². The van der Waals surface area contributed by atoms with E-state index in [0.29, 0.717) is 31.9 Å². The number of quaternary nitrogens is 1. The Morgan fingerprint density at radius 1 is 1.19 bits per heavy atom. The zero-order chi connectivity index (χ0) is 19.4. The fourth-order valence-corrected chi connectivity index (χ4v) is 4.40. The summed E-state index contributed by atoms with van der Waals surface area (Å²) in [5.41, 5.74) is 0. The van der Waals surface area contributed by atoms with Crippen LogP contribution in [-0.2, 0) is 14.8 Å². The summed E-state index contributed by atoms with van der Waals surface area (Å²) in [6.07, 6.45) is 1.91. The van der Waals surface area contributed by atoms with Crippen molar-refractivity contribution < 1.29 is 27.6 Å². The molecule has 2 fully saturated rings. The van der Waals surface area contributed by atoms with E-state index in [1.165, 1.54) is 23.5 Å². The van der Waals surface area contributed by atoms with Crippen molar-refractivity contribution in [3.05, 3.63) is 24.3 Å².